The monoisotopic (exact) mass is 504 g/mol. The third-order valence-corrected chi connectivity index (χ3v) is 7.18. The topological polar surface area (TPSA) is 91.1 Å². The minimum absolute atomic E-state index is 0.0288. The summed E-state index contributed by atoms with van der Waals surface area (Å²) in [4.78, 5) is 44.5. The van der Waals surface area contributed by atoms with Crippen LogP contribution >= 0.6 is 11.6 Å². The number of aliphatic hydroxyl groups is 1. The van der Waals surface area contributed by atoms with Crippen molar-refractivity contribution in [2.45, 2.75) is 12.1 Å². The van der Waals surface area contributed by atoms with Crippen molar-refractivity contribution in [3.05, 3.63) is 110 Å². The largest absolute Gasteiger partial charge is 0.450 e. The molecule has 7 nitrogen and oxygen atoms in total. The summed E-state index contributed by atoms with van der Waals surface area (Å²) in [6.45, 7) is -0.599. The third-order valence-electron chi connectivity index (χ3n) is 6.81. The van der Waals surface area contributed by atoms with Crippen molar-refractivity contribution in [2.75, 3.05) is 18.1 Å². The molecule has 3 heterocycles. The minimum atomic E-state index is -1.88. The van der Waals surface area contributed by atoms with Crippen molar-refractivity contribution >= 4 is 40.1 Å². The highest BCUT2D eigenvalue weighted by Gasteiger charge is 2.64. The summed E-state index contributed by atoms with van der Waals surface area (Å²) in [7, 11) is 0. The number of rotatable bonds is 4. The van der Waals surface area contributed by atoms with Gasteiger partial charge in [-0.25, -0.2) is 4.39 Å². The lowest BCUT2D eigenvalue weighted by Gasteiger charge is -2.33. The Morgan fingerprint density at radius 3 is 2.53 bits per heavy atom. The van der Waals surface area contributed by atoms with Crippen LogP contribution in [-0.4, -0.2) is 35.0 Å². The third kappa shape index (κ3) is 2.85. The number of carbonyl (C=O) groups excluding carboxylic acids is 2. The lowest BCUT2D eigenvalue weighted by molar-refractivity contribution is -0.126. The molecule has 1 N–H and O–H groups in total. The van der Waals surface area contributed by atoms with Crippen molar-refractivity contribution in [3.8, 4) is 0 Å². The molecule has 3 aromatic carbocycles. The molecule has 2 amide bonds. The number of hydrogen-bond donors (Lipinski definition) is 1. The molecule has 1 atom stereocenters. The zero-order valence-electron chi connectivity index (χ0n) is 18.7. The number of β-amino-alcohol motifs (C(OH)–C–C–N with tert-alkyl or cyclic N) is 1. The number of fused-ring (bicyclic) bond motifs is 5. The quantitative estimate of drug-likeness (QED) is 0.456. The molecule has 6 rings (SSSR count). The van der Waals surface area contributed by atoms with E-state index in [2.05, 4.69) is 0 Å². The molecule has 0 saturated carbocycles. The van der Waals surface area contributed by atoms with Crippen LogP contribution < -0.4 is 10.3 Å². The predicted molar refractivity (Wildman–Crippen MR) is 130 cm³/mol. The molecule has 1 aromatic heterocycles. The number of amides is 2. The van der Waals surface area contributed by atoms with E-state index in [-0.39, 0.29) is 35.4 Å². The van der Waals surface area contributed by atoms with Crippen molar-refractivity contribution in [1.29, 1.82) is 0 Å². The second kappa shape index (κ2) is 8.01. The molecule has 36 heavy (non-hydrogen) atoms. The van der Waals surface area contributed by atoms with E-state index in [1.165, 1.54) is 15.9 Å². The van der Waals surface area contributed by atoms with Gasteiger partial charge in [0.1, 0.15) is 11.4 Å². The number of benzene rings is 3. The molecule has 9 heteroatoms. The number of para-hydroxylation sites is 1. The van der Waals surface area contributed by atoms with Crippen LogP contribution in [0.2, 0.25) is 5.02 Å². The lowest BCUT2D eigenvalue weighted by Crippen LogP contribution is -2.54. The molecule has 0 aliphatic carbocycles. The van der Waals surface area contributed by atoms with E-state index < -0.39 is 35.2 Å². The summed E-state index contributed by atoms with van der Waals surface area (Å²) in [5.41, 5.74) is -1.16. The summed E-state index contributed by atoms with van der Waals surface area (Å²) in [5.74, 6) is -2.22. The van der Waals surface area contributed by atoms with Crippen molar-refractivity contribution in [3.63, 3.8) is 0 Å². The Bertz CT molecular complexity index is 1650. The first kappa shape index (κ1) is 22.5. The second-order valence-electron chi connectivity index (χ2n) is 8.67. The standard InChI is InChI=1S/C27H18ClFN2O5/c28-19-7-3-1-5-15(19)14-30-20-8-4-2-6-18(20)27(26(30)35)22-23(33)17-13-16(29)9-10-21(17)36-24(22)25(34)31(27)11-12-32/h1-10,13,32H,11-12,14H2. The Labute approximate surface area is 208 Å². The van der Waals surface area contributed by atoms with E-state index in [1.54, 1.807) is 48.5 Å². The lowest BCUT2D eigenvalue weighted by atomic mass is 9.84. The van der Waals surface area contributed by atoms with Gasteiger partial charge in [-0.15, -0.1) is 0 Å². The molecule has 0 radical (unpaired) electrons. The molecule has 1 spiro atoms. The van der Waals surface area contributed by atoms with E-state index in [0.717, 1.165) is 12.1 Å². The van der Waals surface area contributed by atoms with Crippen LogP contribution in [0, 0.1) is 5.82 Å². The summed E-state index contributed by atoms with van der Waals surface area (Å²) >= 11 is 6.38. The van der Waals surface area contributed by atoms with Crippen LogP contribution in [0.3, 0.4) is 0 Å². The van der Waals surface area contributed by atoms with Gasteiger partial charge in [0.25, 0.3) is 11.8 Å². The Balaban J connectivity index is 1.67. The summed E-state index contributed by atoms with van der Waals surface area (Å²) in [5, 5.41) is 10.2. The van der Waals surface area contributed by atoms with Crippen LogP contribution in [0.15, 0.2) is 75.9 Å². The molecule has 0 saturated heterocycles. The number of nitrogens with zero attached hydrogens (tertiary/aromatic N) is 2. The van der Waals surface area contributed by atoms with Crippen molar-refractivity contribution in [1.82, 2.24) is 4.90 Å². The Hall–Kier alpha value is -4.01. The molecule has 180 valence electrons. The maximum absolute atomic E-state index is 14.4. The molecule has 2 aliphatic heterocycles. The first-order valence-electron chi connectivity index (χ1n) is 11.2. The number of aliphatic hydroxyl groups excluding tert-OH is 1. The van der Waals surface area contributed by atoms with Crippen LogP contribution in [0.25, 0.3) is 11.0 Å². The summed E-state index contributed by atoms with van der Waals surface area (Å²) in [6.07, 6.45) is 0. The normalized spacial score (nSPS) is 18.4. The van der Waals surface area contributed by atoms with Crippen LogP contribution in [0.5, 0.6) is 0 Å². The highest BCUT2D eigenvalue weighted by atomic mass is 35.5. The van der Waals surface area contributed by atoms with Gasteiger partial charge in [-0.2, -0.15) is 0 Å². The highest BCUT2D eigenvalue weighted by Crippen LogP contribution is 2.52. The molecule has 2 aliphatic rings. The average molecular weight is 505 g/mol. The number of carbonyl (C=O) groups is 2. The van der Waals surface area contributed by atoms with Crippen molar-refractivity contribution < 1.29 is 23.5 Å². The van der Waals surface area contributed by atoms with Gasteiger partial charge in [-0.3, -0.25) is 14.4 Å². The Kier molecular flexibility index (Phi) is 5.00. The molecular weight excluding hydrogens is 487 g/mol. The Morgan fingerprint density at radius 2 is 1.75 bits per heavy atom. The van der Waals surface area contributed by atoms with E-state index >= 15 is 0 Å². The van der Waals surface area contributed by atoms with E-state index in [4.69, 9.17) is 16.0 Å². The zero-order chi connectivity index (χ0) is 25.2. The maximum Gasteiger partial charge on any atom is 0.291 e. The fourth-order valence-corrected chi connectivity index (χ4v) is 5.51. The van der Waals surface area contributed by atoms with Crippen LogP contribution in [0.1, 0.15) is 27.2 Å². The highest BCUT2D eigenvalue weighted by molar-refractivity contribution is 6.31. The van der Waals surface area contributed by atoms with Crippen molar-refractivity contribution in [2.24, 2.45) is 0 Å². The van der Waals surface area contributed by atoms with E-state index in [1.807, 2.05) is 0 Å². The second-order valence-corrected chi connectivity index (χ2v) is 9.07. The zero-order valence-corrected chi connectivity index (χ0v) is 19.5. The molecule has 0 fully saturated rings. The van der Waals surface area contributed by atoms with Gasteiger partial charge in [-0.05, 0) is 35.9 Å². The molecule has 0 bridgehead atoms. The number of anilines is 1. The van der Waals surface area contributed by atoms with Crippen LogP contribution in [-0.2, 0) is 16.9 Å². The minimum Gasteiger partial charge on any atom is -0.450 e. The average Bonchev–Trinajstić information content (AvgIpc) is 3.26. The SMILES string of the molecule is O=C1c2oc3ccc(F)cc3c(=O)c2C2(C(=O)N(Cc3ccccc3Cl)c3ccccc32)N1CCO. The molecule has 1 unspecified atom stereocenters. The van der Waals surface area contributed by atoms with Gasteiger partial charge in [0.2, 0.25) is 5.76 Å². The van der Waals surface area contributed by atoms with E-state index in [0.29, 0.717) is 21.8 Å². The van der Waals surface area contributed by atoms with Gasteiger partial charge in [0.15, 0.2) is 11.0 Å². The first-order valence-corrected chi connectivity index (χ1v) is 11.6. The Morgan fingerprint density at radius 1 is 1.00 bits per heavy atom. The fourth-order valence-electron chi connectivity index (χ4n) is 5.32. The van der Waals surface area contributed by atoms with Gasteiger partial charge in [0.05, 0.1) is 29.8 Å². The summed E-state index contributed by atoms with van der Waals surface area (Å²) in [6, 6.07) is 17.3. The van der Waals surface area contributed by atoms with Gasteiger partial charge in [0, 0.05) is 17.1 Å². The molecular formula is C27H18ClFN2O5. The summed E-state index contributed by atoms with van der Waals surface area (Å²) < 4.78 is 19.9. The maximum atomic E-state index is 14.4. The number of halogens is 2. The van der Waals surface area contributed by atoms with Gasteiger partial charge in [-0.1, -0.05) is 48.0 Å². The smallest absolute Gasteiger partial charge is 0.291 e. The van der Waals surface area contributed by atoms with E-state index in [9.17, 15) is 23.9 Å². The van der Waals surface area contributed by atoms with Crippen LogP contribution in [0.4, 0.5) is 10.1 Å². The van der Waals surface area contributed by atoms with Gasteiger partial charge < -0.3 is 19.3 Å². The molecule has 4 aromatic rings. The van der Waals surface area contributed by atoms with Gasteiger partial charge >= 0.3 is 0 Å². The first-order chi connectivity index (χ1) is 17.4. The predicted octanol–water partition coefficient (Wildman–Crippen LogP) is 3.82. The fraction of sp³-hybridized carbons (Fsp3) is 0.148. The number of hydrogen-bond acceptors (Lipinski definition) is 5.